The van der Waals surface area contributed by atoms with Gasteiger partial charge in [0.2, 0.25) is 9.05 Å². The second kappa shape index (κ2) is 9.82. The summed E-state index contributed by atoms with van der Waals surface area (Å²) in [4.78, 5) is 3.74. The van der Waals surface area contributed by atoms with Gasteiger partial charge in [0.05, 0.1) is 5.75 Å². The van der Waals surface area contributed by atoms with Crippen molar-refractivity contribution in [1.82, 2.24) is 4.98 Å². The van der Waals surface area contributed by atoms with Crippen LogP contribution >= 0.6 is 10.7 Å². The molecule has 0 spiro atoms. The predicted molar refractivity (Wildman–Crippen MR) is 77.9 cm³/mol. The molecule has 0 aromatic carbocycles. The van der Waals surface area contributed by atoms with Crippen molar-refractivity contribution in [3.63, 3.8) is 0 Å². The Bertz CT molecular complexity index is 854. The van der Waals surface area contributed by atoms with Crippen LogP contribution in [0.25, 0.3) is 0 Å². The van der Waals surface area contributed by atoms with Crippen LogP contribution in [0.2, 0.25) is 0 Å². The molecule has 0 atom stereocenters. The van der Waals surface area contributed by atoms with E-state index < -0.39 is 40.3 Å². The molecule has 2 N–H and O–H groups in total. The van der Waals surface area contributed by atoms with E-state index in [2.05, 4.69) is 4.98 Å². The van der Waals surface area contributed by atoms with Gasteiger partial charge in [-0.3, -0.25) is 14.1 Å². The van der Waals surface area contributed by atoms with Crippen LogP contribution in [0.15, 0.2) is 24.5 Å². The predicted octanol–water partition coefficient (Wildman–Crippen LogP) is 1.94. The summed E-state index contributed by atoms with van der Waals surface area (Å²) in [5, 5.41) is 0. The van der Waals surface area contributed by atoms with Gasteiger partial charge in [-0.25, -0.2) is 8.42 Å². The molecule has 9 nitrogen and oxygen atoms in total. The second-order valence-electron chi connectivity index (χ2n) is 3.88. The Kier molecular flexibility index (Phi) is 10.2. The van der Waals surface area contributed by atoms with Crippen molar-refractivity contribution in [3.8, 4) is 0 Å². The van der Waals surface area contributed by atoms with Crippen molar-refractivity contribution in [2.24, 2.45) is 0 Å². The van der Waals surface area contributed by atoms with Gasteiger partial charge in [0.25, 0.3) is 0 Å². The van der Waals surface area contributed by atoms with Gasteiger partial charge in [0, 0.05) is 23.1 Å². The molecule has 0 unspecified atom stereocenters. The molecule has 27 heavy (non-hydrogen) atoms. The Morgan fingerprint density at radius 1 is 0.815 bits per heavy atom. The first-order valence-electron chi connectivity index (χ1n) is 5.46. The summed E-state index contributed by atoms with van der Waals surface area (Å²) in [6.45, 7) is 0. The standard InChI is InChI=1S/C6H6ClNO2S.2CHF3O3S/c7-11(9,10)5-6-1-3-8-4-2-6;2*2-1(3,4)8(5,6)7/h1-4H,5H2;2*(H,5,6,7). The van der Waals surface area contributed by atoms with Crippen LogP contribution in [0.5, 0.6) is 0 Å². The van der Waals surface area contributed by atoms with Gasteiger partial charge < -0.3 is 0 Å². The van der Waals surface area contributed by atoms with Crippen LogP contribution in [-0.2, 0) is 35.0 Å². The lowest BCUT2D eigenvalue weighted by molar-refractivity contribution is -0.0514. The fraction of sp³-hybridized carbons (Fsp3) is 0.375. The Labute approximate surface area is 152 Å². The van der Waals surface area contributed by atoms with E-state index in [4.69, 9.17) is 36.6 Å². The smallest absolute Gasteiger partial charge is 0.279 e. The number of halogens is 7. The number of pyridine rings is 1. The molecule has 1 aromatic heterocycles. The summed E-state index contributed by atoms with van der Waals surface area (Å²) in [6.07, 6.45) is 3.05. The van der Waals surface area contributed by atoms with E-state index >= 15 is 0 Å². The highest BCUT2D eigenvalue weighted by Crippen LogP contribution is 2.21. The normalized spacial score (nSPS) is 12.9. The molecule has 19 heteroatoms. The van der Waals surface area contributed by atoms with Gasteiger partial charge >= 0.3 is 31.3 Å². The molecule has 0 amide bonds. The highest BCUT2D eigenvalue weighted by atomic mass is 35.7. The Hall–Kier alpha value is -1.21. The minimum atomic E-state index is -5.84. The number of rotatable bonds is 2. The zero-order valence-corrected chi connectivity index (χ0v) is 15.4. The van der Waals surface area contributed by atoms with Crippen molar-refractivity contribution < 1.29 is 60.7 Å². The van der Waals surface area contributed by atoms with Crippen LogP contribution in [0.1, 0.15) is 5.56 Å². The summed E-state index contributed by atoms with van der Waals surface area (Å²) < 4.78 is 136. The van der Waals surface area contributed by atoms with Crippen molar-refractivity contribution in [1.29, 1.82) is 0 Å². The van der Waals surface area contributed by atoms with Crippen LogP contribution in [-0.4, -0.2) is 50.4 Å². The molecule has 0 saturated heterocycles. The minimum Gasteiger partial charge on any atom is -0.279 e. The first kappa shape index (κ1) is 28.0. The molecule has 160 valence electrons. The summed E-state index contributed by atoms with van der Waals surface area (Å²) in [5.74, 6) is -0.142. The van der Waals surface area contributed by atoms with E-state index in [1.807, 2.05) is 0 Å². The molecule has 0 aliphatic carbocycles. The maximum atomic E-state index is 10.7. The highest BCUT2D eigenvalue weighted by molar-refractivity contribution is 8.13. The molecule has 0 aliphatic heterocycles. The third-order valence-electron chi connectivity index (χ3n) is 1.67. The van der Waals surface area contributed by atoms with Crippen molar-refractivity contribution in [3.05, 3.63) is 30.1 Å². The lowest BCUT2D eigenvalue weighted by Gasteiger charge is -1.97. The summed E-state index contributed by atoms with van der Waals surface area (Å²) in [5.41, 5.74) is -10.4. The number of nitrogens with zero attached hydrogens (tertiary/aromatic N) is 1. The number of hydrogen-bond donors (Lipinski definition) is 2. The van der Waals surface area contributed by atoms with E-state index in [0.717, 1.165) is 0 Å². The molecule has 1 rings (SSSR count). The molecular formula is C8H8ClF6NO8S3. The summed E-state index contributed by atoms with van der Waals surface area (Å²) in [6, 6.07) is 3.22. The molecule has 0 saturated carbocycles. The number of alkyl halides is 6. The Balaban J connectivity index is 0. The quantitative estimate of drug-likeness (QED) is 0.273. The Morgan fingerprint density at radius 2 is 1.07 bits per heavy atom. The lowest BCUT2D eigenvalue weighted by atomic mass is 10.3. The zero-order chi connectivity index (χ0) is 22.3. The third-order valence-corrected chi connectivity index (χ3v) is 3.85. The van der Waals surface area contributed by atoms with Crippen molar-refractivity contribution in [2.45, 2.75) is 16.8 Å². The fourth-order valence-corrected chi connectivity index (χ4v) is 1.65. The van der Waals surface area contributed by atoms with E-state index in [9.17, 15) is 34.8 Å². The average molecular weight is 492 g/mol. The Morgan fingerprint density at radius 3 is 1.26 bits per heavy atom. The monoisotopic (exact) mass is 491 g/mol. The molecule has 0 bridgehead atoms. The van der Waals surface area contributed by atoms with Gasteiger partial charge in [-0.2, -0.15) is 43.2 Å². The number of aromatic nitrogens is 1. The molecule has 0 radical (unpaired) electrons. The van der Waals surface area contributed by atoms with Crippen molar-refractivity contribution in [2.75, 3.05) is 0 Å². The molecule has 0 fully saturated rings. The molecule has 1 aromatic rings. The van der Waals surface area contributed by atoms with Gasteiger partial charge in [0.15, 0.2) is 0 Å². The van der Waals surface area contributed by atoms with Crippen LogP contribution < -0.4 is 0 Å². The van der Waals surface area contributed by atoms with Gasteiger partial charge in [-0.05, 0) is 17.7 Å². The van der Waals surface area contributed by atoms with E-state index in [0.29, 0.717) is 5.56 Å². The van der Waals surface area contributed by atoms with Gasteiger partial charge in [0.1, 0.15) is 0 Å². The maximum Gasteiger partial charge on any atom is 0.522 e. The SMILES string of the molecule is O=S(=O)(Cl)Cc1ccncc1.O=S(=O)(O)C(F)(F)F.O=S(=O)(O)C(F)(F)F. The van der Waals surface area contributed by atoms with Crippen LogP contribution in [0.3, 0.4) is 0 Å². The summed E-state index contributed by atoms with van der Waals surface area (Å²) in [7, 11) is -10.1. The molecular weight excluding hydrogens is 484 g/mol. The zero-order valence-electron chi connectivity index (χ0n) is 12.2. The number of hydrogen-bond acceptors (Lipinski definition) is 7. The van der Waals surface area contributed by atoms with Gasteiger partial charge in [-0.1, -0.05) is 0 Å². The van der Waals surface area contributed by atoms with E-state index in [1.165, 1.54) is 12.4 Å². The first-order valence-corrected chi connectivity index (χ1v) is 10.8. The first-order chi connectivity index (χ1) is 11.6. The minimum absolute atomic E-state index is 0.142. The third kappa shape index (κ3) is 14.5. The largest absolute Gasteiger partial charge is 0.522 e. The van der Waals surface area contributed by atoms with Crippen LogP contribution in [0.4, 0.5) is 26.3 Å². The lowest BCUT2D eigenvalue weighted by Crippen LogP contribution is -2.21. The maximum absolute atomic E-state index is 10.7. The highest BCUT2D eigenvalue weighted by Gasteiger charge is 2.45. The van der Waals surface area contributed by atoms with Gasteiger partial charge in [-0.15, -0.1) is 0 Å². The topological polar surface area (TPSA) is 156 Å². The summed E-state index contributed by atoms with van der Waals surface area (Å²) >= 11 is 0. The van der Waals surface area contributed by atoms with Crippen molar-refractivity contribution >= 4 is 40.0 Å². The fourth-order valence-electron chi connectivity index (χ4n) is 0.678. The van der Waals surface area contributed by atoms with E-state index in [-0.39, 0.29) is 5.75 Å². The molecule has 0 aliphatic rings. The van der Waals surface area contributed by atoms with Crippen LogP contribution in [0, 0.1) is 0 Å². The molecule has 1 heterocycles. The average Bonchev–Trinajstić information content (AvgIpc) is 2.34. The van der Waals surface area contributed by atoms with E-state index in [1.54, 1.807) is 12.1 Å². The second-order valence-corrected chi connectivity index (χ2v) is 9.48.